The maximum Gasteiger partial charge on any atom is 0.250 e. The second-order valence-electron chi connectivity index (χ2n) is 9.54. The predicted molar refractivity (Wildman–Crippen MR) is 144 cm³/mol. The summed E-state index contributed by atoms with van der Waals surface area (Å²) in [4.78, 5) is 30.6. The van der Waals surface area contributed by atoms with Crippen LogP contribution in [0.3, 0.4) is 0 Å². The molecule has 0 spiro atoms. The number of hydrogen-bond donors (Lipinski definition) is 3. The van der Waals surface area contributed by atoms with Crippen molar-refractivity contribution in [3.05, 3.63) is 65.3 Å². The molecule has 7 nitrogen and oxygen atoms in total. The number of aromatic nitrogens is 1. The van der Waals surface area contributed by atoms with Gasteiger partial charge in [-0.3, -0.25) is 9.59 Å². The summed E-state index contributed by atoms with van der Waals surface area (Å²) in [5.74, 6) is -0.260. The number of carbonyl (C=O) groups excluding carboxylic acids is 2. The SMILES string of the molecule is CCCC(NC(=O)[C@@H](O)C(C)(C)C)C(=O)Nc1ncc(-c2ccccc2COc2cccc(Cl)c2)s1. The molecule has 3 N–H and O–H groups in total. The summed E-state index contributed by atoms with van der Waals surface area (Å²) >= 11 is 7.38. The molecule has 1 unspecified atom stereocenters. The first-order valence-corrected chi connectivity index (χ1v) is 13.0. The standard InChI is InChI=1S/C27H32ClN3O4S/c1-5-9-21(30-25(34)23(32)27(2,3)4)24(33)31-26-29-15-22(36-26)20-13-7-6-10-17(20)16-35-19-12-8-11-18(28)14-19/h6-8,10-15,21,23,32H,5,9,16H2,1-4H3,(H,30,34)(H,29,31,33)/t21?,23-/m1/s1. The van der Waals surface area contributed by atoms with E-state index in [-0.39, 0.29) is 5.91 Å². The van der Waals surface area contributed by atoms with Crippen LogP contribution < -0.4 is 15.4 Å². The highest BCUT2D eigenvalue weighted by Gasteiger charge is 2.32. The number of benzene rings is 2. The Kier molecular flexibility index (Phi) is 9.48. The van der Waals surface area contributed by atoms with E-state index in [0.29, 0.717) is 35.4 Å². The van der Waals surface area contributed by atoms with Crippen LogP contribution >= 0.6 is 22.9 Å². The fourth-order valence-electron chi connectivity index (χ4n) is 3.45. The Bertz CT molecular complexity index is 1190. The van der Waals surface area contributed by atoms with Crippen molar-refractivity contribution in [3.8, 4) is 16.2 Å². The lowest BCUT2D eigenvalue weighted by molar-refractivity contribution is -0.137. The van der Waals surface area contributed by atoms with Crippen molar-refractivity contribution >= 4 is 39.9 Å². The lowest BCUT2D eigenvalue weighted by Crippen LogP contribution is -2.50. The lowest BCUT2D eigenvalue weighted by atomic mass is 9.88. The highest BCUT2D eigenvalue weighted by Crippen LogP contribution is 2.32. The smallest absolute Gasteiger partial charge is 0.250 e. The number of hydrogen-bond acceptors (Lipinski definition) is 6. The van der Waals surface area contributed by atoms with Crippen molar-refractivity contribution in [1.82, 2.24) is 10.3 Å². The van der Waals surface area contributed by atoms with Crippen molar-refractivity contribution in [3.63, 3.8) is 0 Å². The van der Waals surface area contributed by atoms with E-state index < -0.39 is 23.5 Å². The molecule has 0 radical (unpaired) electrons. The molecule has 1 aromatic heterocycles. The summed E-state index contributed by atoms with van der Waals surface area (Å²) in [6, 6.07) is 14.3. The zero-order valence-electron chi connectivity index (χ0n) is 20.9. The monoisotopic (exact) mass is 529 g/mol. The topological polar surface area (TPSA) is 101 Å². The summed E-state index contributed by atoms with van der Waals surface area (Å²) in [5, 5.41) is 16.8. The van der Waals surface area contributed by atoms with E-state index in [0.717, 1.165) is 16.0 Å². The van der Waals surface area contributed by atoms with Gasteiger partial charge >= 0.3 is 0 Å². The van der Waals surface area contributed by atoms with Gasteiger partial charge in [-0.25, -0.2) is 4.98 Å². The minimum Gasteiger partial charge on any atom is -0.489 e. The van der Waals surface area contributed by atoms with Crippen LogP contribution in [0.15, 0.2) is 54.7 Å². The molecule has 0 saturated carbocycles. The van der Waals surface area contributed by atoms with Crippen molar-refractivity contribution in [2.45, 2.75) is 59.3 Å². The van der Waals surface area contributed by atoms with Crippen LogP contribution in [0.1, 0.15) is 46.1 Å². The van der Waals surface area contributed by atoms with Crippen molar-refractivity contribution in [2.75, 3.05) is 5.32 Å². The molecule has 0 aliphatic heterocycles. The summed E-state index contributed by atoms with van der Waals surface area (Å²) in [6.07, 6.45) is 1.61. The van der Waals surface area contributed by atoms with Gasteiger partial charge in [0.15, 0.2) is 5.13 Å². The van der Waals surface area contributed by atoms with Crippen LogP contribution in [0.2, 0.25) is 5.02 Å². The molecule has 0 saturated heterocycles. The number of nitrogens with zero attached hydrogens (tertiary/aromatic N) is 1. The third kappa shape index (κ3) is 7.53. The molecule has 3 aromatic rings. The second-order valence-corrected chi connectivity index (χ2v) is 11.0. The Morgan fingerprint density at radius 3 is 2.58 bits per heavy atom. The molecule has 2 amide bonds. The number of ether oxygens (including phenoxy) is 1. The number of halogens is 1. The quantitative estimate of drug-likeness (QED) is 0.314. The molecule has 2 aromatic carbocycles. The van der Waals surface area contributed by atoms with E-state index in [9.17, 15) is 14.7 Å². The number of amides is 2. The normalized spacial score (nSPS) is 13.1. The largest absolute Gasteiger partial charge is 0.489 e. The Morgan fingerprint density at radius 2 is 1.89 bits per heavy atom. The molecular formula is C27H32ClN3O4S. The number of aliphatic hydroxyl groups is 1. The van der Waals surface area contributed by atoms with Gasteiger partial charge in [-0.2, -0.15) is 0 Å². The van der Waals surface area contributed by atoms with E-state index in [1.54, 1.807) is 39.1 Å². The molecule has 0 bridgehead atoms. The molecule has 9 heteroatoms. The molecule has 3 rings (SSSR count). The number of thiazole rings is 1. The van der Waals surface area contributed by atoms with Gasteiger partial charge in [0.25, 0.3) is 0 Å². The zero-order valence-corrected chi connectivity index (χ0v) is 22.4. The van der Waals surface area contributed by atoms with Crippen LogP contribution in [0.25, 0.3) is 10.4 Å². The first-order valence-electron chi connectivity index (χ1n) is 11.8. The van der Waals surface area contributed by atoms with Gasteiger partial charge in [-0.05, 0) is 41.2 Å². The Balaban J connectivity index is 1.70. The van der Waals surface area contributed by atoms with E-state index >= 15 is 0 Å². The molecule has 36 heavy (non-hydrogen) atoms. The Hall–Kier alpha value is -2.94. The van der Waals surface area contributed by atoms with Crippen LogP contribution in [0.5, 0.6) is 5.75 Å². The molecule has 192 valence electrons. The van der Waals surface area contributed by atoms with Gasteiger partial charge in [-0.1, -0.05) is 87.4 Å². The molecule has 0 aliphatic rings. The first kappa shape index (κ1) is 27.6. The Labute approximate surface area is 220 Å². The Morgan fingerprint density at radius 1 is 1.14 bits per heavy atom. The highest BCUT2D eigenvalue weighted by atomic mass is 35.5. The fourth-order valence-corrected chi connectivity index (χ4v) is 4.51. The third-order valence-corrected chi connectivity index (χ3v) is 6.67. The van der Waals surface area contributed by atoms with E-state index in [4.69, 9.17) is 16.3 Å². The zero-order chi connectivity index (χ0) is 26.3. The lowest BCUT2D eigenvalue weighted by Gasteiger charge is -2.26. The van der Waals surface area contributed by atoms with Crippen LogP contribution in [0.4, 0.5) is 5.13 Å². The van der Waals surface area contributed by atoms with Gasteiger partial charge in [0.05, 0.1) is 4.88 Å². The van der Waals surface area contributed by atoms with Crippen LogP contribution in [-0.4, -0.2) is 34.1 Å². The van der Waals surface area contributed by atoms with Crippen molar-refractivity contribution in [1.29, 1.82) is 0 Å². The molecule has 0 fully saturated rings. The fraction of sp³-hybridized carbons (Fsp3) is 0.370. The number of nitrogens with one attached hydrogen (secondary N) is 2. The number of carbonyl (C=O) groups is 2. The van der Waals surface area contributed by atoms with Gasteiger partial charge in [-0.15, -0.1) is 0 Å². The van der Waals surface area contributed by atoms with E-state index in [1.807, 2.05) is 43.3 Å². The van der Waals surface area contributed by atoms with Gasteiger partial charge in [0.2, 0.25) is 11.8 Å². The van der Waals surface area contributed by atoms with Gasteiger partial charge in [0.1, 0.15) is 24.5 Å². The number of anilines is 1. The molecule has 2 atom stereocenters. The maximum absolute atomic E-state index is 12.9. The van der Waals surface area contributed by atoms with E-state index in [2.05, 4.69) is 15.6 Å². The molecule has 1 heterocycles. The summed E-state index contributed by atoms with van der Waals surface area (Å²) in [7, 11) is 0. The average molecular weight is 530 g/mol. The maximum atomic E-state index is 12.9. The van der Waals surface area contributed by atoms with Crippen LogP contribution in [-0.2, 0) is 16.2 Å². The van der Waals surface area contributed by atoms with Crippen LogP contribution in [0, 0.1) is 5.41 Å². The third-order valence-electron chi connectivity index (χ3n) is 5.49. The van der Waals surface area contributed by atoms with Gasteiger partial charge < -0.3 is 20.5 Å². The number of rotatable bonds is 10. The highest BCUT2D eigenvalue weighted by molar-refractivity contribution is 7.19. The second kappa shape index (κ2) is 12.3. The number of aliphatic hydroxyl groups excluding tert-OH is 1. The molecule has 0 aliphatic carbocycles. The summed E-state index contributed by atoms with van der Waals surface area (Å²) in [6.45, 7) is 7.57. The van der Waals surface area contributed by atoms with Crippen molar-refractivity contribution in [2.24, 2.45) is 5.41 Å². The minimum absolute atomic E-state index is 0.344. The van der Waals surface area contributed by atoms with E-state index in [1.165, 1.54) is 11.3 Å². The minimum atomic E-state index is -1.22. The van der Waals surface area contributed by atoms with Crippen molar-refractivity contribution < 1.29 is 19.4 Å². The average Bonchev–Trinajstić information content (AvgIpc) is 3.29. The first-order chi connectivity index (χ1) is 17.1. The van der Waals surface area contributed by atoms with Gasteiger partial charge in [0, 0.05) is 11.2 Å². The predicted octanol–water partition coefficient (Wildman–Crippen LogP) is 5.67. The summed E-state index contributed by atoms with van der Waals surface area (Å²) < 4.78 is 5.91. The summed E-state index contributed by atoms with van der Waals surface area (Å²) in [5.41, 5.74) is 1.28. The molecular weight excluding hydrogens is 498 g/mol.